The maximum absolute atomic E-state index is 13.4. The minimum absolute atomic E-state index is 0.268. The highest BCUT2D eigenvalue weighted by Gasteiger charge is 2.10. The van der Waals surface area contributed by atoms with Crippen LogP contribution in [0.4, 0.5) is 4.39 Å². The number of carboxylic acid groups (broad SMARTS) is 1. The topological polar surface area (TPSA) is 40.5 Å². The molecule has 1 fully saturated rings. The molecule has 0 atom stereocenters. The number of piperidine rings is 1. The van der Waals surface area contributed by atoms with E-state index in [9.17, 15) is 9.18 Å². The van der Waals surface area contributed by atoms with Gasteiger partial charge in [0, 0.05) is 6.08 Å². The highest BCUT2D eigenvalue weighted by Crippen LogP contribution is 2.16. The van der Waals surface area contributed by atoms with E-state index in [1.807, 2.05) is 0 Å². The van der Waals surface area contributed by atoms with Gasteiger partial charge in [-0.2, -0.15) is 0 Å². The summed E-state index contributed by atoms with van der Waals surface area (Å²) >= 11 is 0. The standard InChI is InChI=1S/C17H22FNO2/c18-16-8-6-14(7-9-17(20)21)15(13-16)5-4-12-19-10-2-1-3-11-19/h6-9,13H,1-5,10-12H2,(H,20,21)/b9-7+. The first-order valence-corrected chi connectivity index (χ1v) is 7.57. The molecule has 0 amide bonds. The summed E-state index contributed by atoms with van der Waals surface area (Å²) in [5, 5.41) is 8.70. The summed E-state index contributed by atoms with van der Waals surface area (Å²) in [4.78, 5) is 13.1. The molecule has 1 aromatic rings. The summed E-state index contributed by atoms with van der Waals surface area (Å²) in [5.41, 5.74) is 1.67. The van der Waals surface area contributed by atoms with Gasteiger partial charge in [-0.1, -0.05) is 12.5 Å². The van der Waals surface area contributed by atoms with E-state index in [0.717, 1.165) is 49.7 Å². The van der Waals surface area contributed by atoms with Crippen molar-refractivity contribution in [1.82, 2.24) is 4.90 Å². The lowest BCUT2D eigenvalue weighted by Gasteiger charge is -2.26. The van der Waals surface area contributed by atoms with Crippen molar-refractivity contribution in [2.75, 3.05) is 19.6 Å². The number of aryl methyl sites for hydroxylation is 1. The number of hydrogen-bond donors (Lipinski definition) is 1. The minimum atomic E-state index is -0.987. The van der Waals surface area contributed by atoms with Crippen LogP contribution in [-0.4, -0.2) is 35.6 Å². The van der Waals surface area contributed by atoms with Crippen molar-refractivity contribution in [2.24, 2.45) is 0 Å². The van der Waals surface area contributed by atoms with Gasteiger partial charge in [0.15, 0.2) is 0 Å². The number of nitrogens with zero attached hydrogens (tertiary/aromatic N) is 1. The molecule has 1 aliphatic heterocycles. The summed E-state index contributed by atoms with van der Waals surface area (Å²) in [7, 11) is 0. The number of rotatable bonds is 6. The largest absolute Gasteiger partial charge is 0.478 e. The van der Waals surface area contributed by atoms with Gasteiger partial charge in [-0.25, -0.2) is 9.18 Å². The molecule has 0 bridgehead atoms. The second-order valence-corrected chi connectivity index (χ2v) is 5.52. The highest BCUT2D eigenvalue weighted by molar-refractivity contribution is 5.85. The van der Waals surface area contributed by atoms with E-state index in [0.29, 0.717) is 0 Å². The Morgan fingerprint density at radius 2 is 2.05 bits per heavy atom. The molecule has 0 spiro atoms. The first-order chi connectivity index (χ1) is 10.1. The number of benzene rings is 1. The van der Waals surface area contributed by atoms with Crippen molar-refractivity contribution < 1.29 is 14.3 Å². The lowest BCUT2D eigenvalue weighted by molar-refractivity contribution is -0.131. The fraction of sp³-hybridized carbons (Fsp3) is 0.471. The Kier molecular flexibility index (Phi) is 5.93. The Labute approximate surface area is 125 Å². The van der Waals surface area contributed by atoms with E-state index in [-0.39, 0.29) is 5.82 Å². The molecule has 1 N–H and O–H groups in total. The number of aliphatic carboxylic acids is 1. The minimum Gasteiger partial charge on any atom is -0.478 e. The Morgan fingerprint density at radius 1 is 1.29 bits per heavy atom. The Hall–Kier alpha value is -1.68. The second-order valence-electron chi connectivity index (χ2n) is 5.52. The SMILES string of the molecule is O=C(O)/C=C/c1ccc(F)cc1CCCN1CCCCC1. The molecule has 2 rings (SSSR count). The third-order valence-corrected chi connectivity index (χ3v) is 3.88. The molecular weight excluding hydrogens is 269 g/mol. The normalized spacial score (nSPS) is 16.4. The molecule has 0 unspecified atom stereocenters. The van der Waals surface area contributed by atoms with Gasteiger partial charge in [0.05, 0.1) is 0 Å². The summed E-state index contributed by atoms with van der Waals surface area (Å²) < 4.78 is 13.4. The van der Waals surface area contributed by atoms with E-state index < -0.39 is 5.97 Å². The number of likely N-dealkylation sites (tertiary alicyclic amines) is 1. The van der Waals surface area contributed by atoms with Crippen LogP contribution in [0.25, 0.3) is 6.08 Å². The van der Waals surface area contributed by atoms with E-state index in [1.54, 1.807) is 6.07 Å². The molecule has 1 saturated heterocycles. The third kappa shape index (κ3) is 5.31. The second kappa shape index (κ2) is 7.93. The molecule has 1 aliphatic rings. The van der Waals surface area contributed by atoms with Gasteiger partial charge >= 0.3 is 5.97 Å². The Morgan fingerprint density at radius 3 is 2.76 bits per heavy atom. The van der Waals surface area contributed by atoms with Crippen molar-refractivity contribution in [3.8, 4) is 0 Å². The molecule has 0 radical (unpaired) electrons. The van der Waals surface area contributed by atoms with Crippen LogP contribution >= 0.6 is 0 Å². The van der Waals surface area contributed by atoms with Crippen molar-refractivity contribution in [3.63, 3.8) is 0 Å². The van der Waals surface area contributed by atoms with Crippen LogP contribution in [0.3, 0.4) is 0 Å². The molecular formula is C17H22FNO2. The van der Waals surface area contributed by atoms with Gasteiger partial charge in [-0.15, -0.1) is 0 Å². The van der Waals surface area contributed by atoms with E-state index in [4.69, 9.17) is 5.11 Å². The number of halogens is 1. The average molecular weight is 291 g/mol. The lowest BCUT2D eigenvalue weighted by atomic mass is 10.0. The number of carboxylic acids is 1. The van der Waals surface area contributed by atoms with Crippen molar-refractivity contribution in [2.45, 2.75) is 32.1 Å². The first-order valence-electron chi connectivity index (χ1n) is 7.57. The molecule has 114 valence electrons. The van der Waals surface area contributed by atoms with Gasteiger partial charge in [0.2, 0.25) is 0 Å². The monoisotopic (exact) mass is 291 g/mol. The fourth-order valence-corrected chi connectivity index (χ4v) is 2.79. The molecule has 1 heterocycles. The molecule has 3 nitrogen and oxygen atoms in total. The Bertz CT molecular complexity index is 508. The van der Waals surface area contributed by atoms with E-state index in [2.05, 4.69) is 4.90 Å². The zero-order valence-electron chi connectivity index (χ0n) is 12.2. The van der Waals surface area contributed by atoms with Crippen LogP contribution in [0.1, 0.15) is 36.8 Å². The average Bonchev–Trinajstić information content (AvgIpc) is 2.47. The van der Waals surface area contributed by atoms with Crippen LogP contribution in [0, 0.1) is 5.82 Å². The quantitative estimate of drug-likeness (QED) is 0.817. The maximum Gasteiger partial charge on any atom is 0.328 e. The van der Waals surface area contributed by atoms with Crippen molar-refractivity contribution >= 4 is 12.0 Å². The van der Waals surface area contributed by atoms with Crippen molar-refractivity contribution in [3.05, 3.63) is 41.2 Å². The predicted molar refractivity (Wildman–Crippen MR) is 81.7 cm³/mol. The highest BCUT2D eigenvalue weighted by atomic mass is 19.1. The van der Waals surface area contributed by atoms with Crippen LogP contribution < -0.4 is 0 Å². The Balaban J connectivity index is 1.94. The van der Waals surface area contributed by atoms with Gasteiger partial charge < -0.3 is 10.0 Å². The summed E-state index contributed by atoms with van der Waals surface area (Å²) in [6.07, 6.45) is 8.24. The van der Waals surface area contributed by atoms with Crippen LogP contribution in [0.15, 0.2) is 24.3 Å². The van der Waals surface area contributed by atoms with Crippen LogP contribution in [0.5, 0.6) is 0 Å². The molecule has 4 heteroatoms. The fourth-order valence-electron chi connectivity index (χ4n) is 2.79. The van der Waals surface area contributed by atoms with Gasteiger partial charge in [-0.3, -0.25) is 0 Å². The molecule has 0 saturated carbocycles. The maximum atomic E-state index is 13.4. The molecule has 1 aromatic carbocycles. The van der Waals surface area contributed by atoms with Crippen molar-refractivity contribution in [1.29, 1.82) is 0 Å². The number of hydrogen-bond acceptors (Lipinski definition) is 2. The molecule has 21 heavy (non-hydrogen) atoms. The van der Waals surface area contributed by atoms with E-state index in [1.165, 1.54) is 37.5 Å². The zero-order valence-corrected chi connectivity index (χ0v) is 12.2. The summed E-state index contributed by atoms with van der Waals surface area (Å²) in [5.74, 6) is -1.26. The first kappa shape index (κ1) is 15.7. The van der Waals surface area contributed by atoms with Crippen LogP contribution in [0.2, 0.25) is 0 Å². The predicted octanol–water partition coefficient (Wildman–Crippen LogP) is 3.34. The summed E-state index contributed by atoms with van der Waals surface area (Å²) in [6, 6.07) is 4.53. The van der Waals surface area contributed by atoms with Gasteiger partial charge in [0.25, 0.3) is 0 Å². The number of carbonyl (C=O) groups is 1. The summed E-state index contributed by atoms with van der Waals surface area (Å²) in [6.45, 7) is 3.35. The van der Waals surface area contributed by atoms with E-state index >= 15 is 0 Å². The molecule has 0 aliphatic carbocycles. The molecule has 0 aromatic heterocycles. The van der Waals surface area contributed by atoms with Gasteiger partial charge in [0.1, 0.15) is 5.82 Å². The van der Waals surface area contributed by atoms with Gasteiger partial charge in [-0.05, 0) is 74.7 Å². The zero-order chi connectivity index (χ0) is 15.1. The third-order valence-electron chi connectivity index (χ3n) is 3.88. The smallest absolute Gasteiger partial charge is 0.328 e. The lowest BCUT2D eigenvalue weighted by Crippen LogP contribution is -2.30. The van der Waals surface area contributed by atoms with Crippen LogP contribution in [-0.2, 0) is 11.2 Å².